The molecule has 0 spiro atoms. The van der Waals surface area contributed by atoms with E-state index in [1.807, 2.05) is 16.9 Å². The van der Waals surface area contributed by atoms with Crippen LogP contribution in [-0.4, -0.2) is 15.6 Å². The van der Waals surface area contributed by atoms with E-state index in [-0.39, 0.29) is 0 Å². The predicted octanol–water partition coefficient (Wildman–Crippen LogP) is 3.40. The minimum absolute atomic E-state index is 0.382. The molecule has 0 aromatic carbocycles. The lowest BCUT2D eigenvalue weighted by Crippen LogP contribution is -2.11. The summed E-state index contributed by atoms with van der Waals surface area (Å²) in [7, 11) is 0. The van der Waals surface area contributed by atoms with Crippen LogP contribution < -0.4 is 0 Å². The maximum absolute atomic E-state index is 12.3. The minimum atomic E-state index is 0.382. The summed E-state index contributed by atoms with van der Waals surface area (Å²) in [5.41, 5.74) is 0.960. The fraction of sp³-hybridized carbons (Fsp3) is 0.750. The second-order valence-electron chi connectivity index (χ2n) is 6.18. The van der Waals surface area contributed by atoms with E-state index in [0.717, 1.165) is 30.4 Å². The van der Waals surface area contributed by atoms with Crippen LogP contribution in [0.1, 0.15) is 57.7 Å². The van der Waals surface area contributed by atoms with Gasteiger partial charge in [-0.3, -0.25) is 9.48 Å². The van der Waals surface area contributed by atoms with Crippen LogP contribution in [0.25, 0.3) is 0 Å². The number of rotatable bonds is 6. The molecule has 2 atom stereocenters. The van der Waals surface area contributed by atoms with E-state index < -0.39 is 0 Å². The van der Waals surface area contributed by atoms with Gasteiger partial charge in [-0.2, -0.15) is 5.10 Å². The fourth-order valence-electron chi connectivity index (χ4n) is 3.93. The fourth-order valence-corrected chi connectivity index (χ4v) is 3.93. The van der Waals surface area contributed by atoms with Gasteiger partial charge < -0.3 is 0 Å². The first-order valence-corrected chi connectivity index (χ1v) is 7.81. The monoisotopic (exact) mass is 260 g/mol. The van der Waals surface area contributed by atoms with Gasteiger partial charge in [0.2, 0.25) is 0 Å². The lowest BCUT2D eigenvalue weighted by atomic mass is 10.0. The van der Waals surface area contributed by atoms with Crippen molar-refractivity contribution in [3.8, 4) is 0 Å². The molecule has 0 N–H and O–H groups in total. The molecule has 2 unspecified atom stereocenters. The standard InChI is InChI=1S/C16H24N2O/c1-3-12(4-2)18-9-8-11(17-18)10-15(19)16-13-6-5-7-14(13)16/h8-9,12-14,16H,3-7,10H2,1-2H3. The Morgan fingerprint density at radius 1 is 1.37 bits per heavy atom. The molecule has 3 nitrogen and oxygen atoms in total. The molecule has 2 aliphatic rings. The highest BCUT2D eigenvalue weighted by Crippen LogP contribution is 2.58. The van der Waals surface area contributed by atoms with Crippen molar-refractivity contribution in [2.45, 2.75) is 58.4 Å². The number of ketones is 1. The zero-order valence-corrected chi connectivity index (χ0v) is 12.0. The van der Waals surface area contributed by atoms with Crippen LogP contribution >= 0.6 is 0 Å². The van der Waals surface area contributed by atoms with Crippen molar-refractivity contribution in [3.05, 3.63) is 18.0 Å². The molecular weight excluding hydrogens is 236 g/mol. The molecule has 3 rings (SSSR count). The molecule has 0 aliphatic heterocycles. The lowest BCUT2D eigenvalue weighted by molar-refractivity contribution is -0.120. The highest BCUT2D eigenvalue weighted by Gasteiger charge is 2.55. The van der Waals surface area contributed by atoms with Gasteiger partial charge in [0.05, 0.1) is 18.2 Å². The van der Waals surface area contributed by atoms with Gasteiger partial charge in [-0.05, 0) is 43.6 Å². The van der Waals surface area contributed by atoms with E-state index in [4.69, 9.17) is 0 Å². The molecule has 1 aromatic rings. The Bertz CT molecular complexity index is 451. The maximum Gasteiger partial charge on any atom is 0.142 e. The summed E-state index contributed by atoms with van der Waals surface area (Å²) in [6.45, 7) is 4.37. The summed E-state index contributed by atoms with van der Waals surface area (Å²) in [5, 5.41) is 4.59. The Morgan fingerprint density at radius 3 is 2.68 bits per heavy atom. The Kier molecular flexibility index (Phi) is 3.46. The van der Waals surface area contributed by atoms with Gasteiger partial charge in [-0.1, -0.05) is 20.3 Å². The molecule has 1 aromatic heterocycles. The van der Waals surface area contributed by atoms with Crippen LogP contribution in [0.4, 0.5) is 0 Å². The number of nitrogens with zero attached hydrogens (tertiary/aromatic N) is 2. The average molecular weight is 260 g/mol. The Hall–Kier alpha value is -1.12. The van der Waals surface area contributed by atoms with Crippen LogP contribution in [0.15, 0.2) is 12.3 Å². The Labute approximate surface area is 115 Å². The molecule has 104 valence electrons. The van der Waals surface area contributed by atoms with Crippen LogP contribution in [0.3, 0.4) is 0 Å². The highest BCUT2D eigenvalue weighted by molar-refractivity contribution is 5.86. The van der Waals surface area contributed by atoms with Crippen molar-refractivity contribution in [3.63, 3.8) is 0 Å². The van der Waals surface area contributed by atoms with Gasteiger partial charge in [0.15, 0.2) is 0 Å². The molecule has 19 heavy (non-hydrogen) atoms. The SMILES string of the molecule is CCC(CC)n1ccc(CC(=O)C2C3CCCC32)n1. The Balaban J connectivity index is 1.60. The van der Waals surface area contributed by atoms with E-state index in [9.17, 15) is 4.79 Å². The molecule has 0 saturated heterocycles. The number of aromatic nitrogens is 2. The number of carbonyl (C=O) groups excluding carboxylic acids is 1. The number of fused-ring (bicyclic) bond motifs is 1. The van der Waals surface area contributed by atoms with Gasteiger partial charge in [-0.25, -0.2) is 0 Å². The van der Waals surface area contributed by atoms with Crippen LogP contribution in [0, 0.1) is 17.8 Å². The number of hydrogen-bond donors (Lipinski definition) is 0. The van der Waals surface area contributed by atoms with Gasteiger partial charge in [0, 0.05) is 12.1 Å². The molecule has 2 aliphatic carbocycles. The van der Waals surface area contributed by atoms with Crippen LogP contribution in [0.2, 0.25) is 0 Å². The van der Waals surface area contributed by atoms with E-state index in [1.54, 1.807) is 0 Å². The summed E-state index contributed by atoms with van der Waals surface area (Å²) in [5.74, 6) is 2.28. The summed E-state index contributed by atoms with van der Waals surface area (Å²) < 4.78 is 2.04. The molecule has 0 amide bonds. The van der Waals surface area contributed by atoms with E-state index in [2.05, 4.69) is 18.9 Å². The zero-order chi connectivity index (χ0) is 13.4. The predicted molar refractivity (Wildman–Crippen MR) is 74.9 cm³/mol. The van der Waals surface area contributed by atoms with Crippen LogP contribution in [0.5, 0.6) is 0 Å². The van der Waals surface area contributed by atoms with E-state index >= 15 is 0 Å². The molecule has 0 radical (unpaired) electrons. The summed E-state index contributed by atoms with van der Waals surface area (Å²) in [4.78, 5) is 12.3. The summed E-state index contributed by atoms with van der Waals surface area (Å²) >= 11 is 0. The molecule has 0 bridgehead atoms. The third-order valence-corrected chi connectivity index (χ3v) is 5.11. The van der Waals surface area contributed by atoms with Gasteiger partial charge >= 0.3 is 0 Å². The van der Waals surface area contributed by atoms with Crippen molar-refractivity contribution in [1.82, 2.24) is 9.78 Å². The Morgan fingerprint density at radius 2 is 2.05 bits per heavy atom. The second kappa shape index (κ2) is 5.10. The molecular formula is C16H24N2O. The van der Waals surface area contributed by atoms with Crippen LogP contribution in [-0.2, 0) is 11.2 Å². The quantitative estimate of drug-likeness (QED) is 0.785. The summed E-state index contributed by atoms with van der Waals surface area (Å²) in [6.07, 6.45) is 8.67. The normalized spacial score (nSPS) is 28.7. The molecule has 3 heteroatoms. The smallest absolute Gasteiger partial charge is 0.142 e. The average Bonchev–Trinajstić information content (AvgIpc) is 2.80. The van der Waals surface area contributed by atoms with Gasteiger partial charge in [0.1, 0.15) is 5.78 Å². The third kappa shape index (κ3) is 2.35. The summed E-state index contributed by atoms with van der Waals surface area (Å²) in [6, 6.07) is 2.50. The van der Waals surface area contributed by atoms with Gasteiger partial charge in [0.25, 0.3) is 0 Å². The van der Waals surface area contributed by atoms with Crippen molar-refractivity contribution in [1.29, 1.82) is 0 Å². The molecule has 1 heterocycles. The van der Waals surface area contributed by atoms with E-state index in [0.29, 0.717) is 24.2 Å². The lowest BCUT2D eigenvalue weighted by Gasteiger charge is -2.12. The van der Waals surface area contributed by atoms with Crippen molar-refractivity contribution < 1.29 is 4.79 Å². The molecule has 2 fully saturated rings. The molecule has 2 saturated carbocycles. The maximum atomic E-state index is 12.3. The zero-order valence-electron chi connectivity index (χ0n) is 12.0. The number of hydrogen-bond acceptors (Lipinski definition) is 2. The first-order valence-electron chi connectivity index (χ1n) is 7.81. The third-order valence-electron chi connectivity index (χ3n) is 5.11. The highest BCUT2D eigenvalue weighted by atomic mass is 16.1. The van der Waals surface area contributed by atoms with E-state index in [1.165, 1.54) is 19.3 Å². The largest absolute Gasteiger partial charge is 0.299 e. The van der Waals surface area contributed by atoms with Crippen molar-refractivity contribution in [2.24, 2.45) is 17.8 Å². The first-order chi connectivity index (χ1) is 9.24. The minimum Gasteiger partial charge on any atom is -0.299 e. The first kappa shape index (κ1) is 12.9. The topological polar surface area (TPSA) is 34.9 Å². The second-order valence-corrected chi connectivity index (χ2v) is 6.18. The number of Topliss-reactive ketones (excluding diaryl/α,β-unsaturated/α-hetero) is 1. The van der Waals surface area contributed by atoms with Crippen molar-refractivity contribution in [2.75, 3.05) is 0 Å². The van der Waals surface area contributed by atoms with Gasteiger partial charge in [-0.15, -0.1) is 0 Å². The van der Waals surface area contributed by atoms with Crippen molar-refractivity contribution >= 4 is 5.78 Å². The number of carbonyl (C=O) groups is 1.